The number of rotatable bonds is 8. The highest BCUT2D eigenvalue weighted by Gasteiger charge is 2.11. The number of aromatic nitrogens is 4. The van der Waals surface area contributed by atoms with Crippen molar-refractivity contribution >= 4 is 0 Å². The van der Waals surface area contributed by atoms with Crippen molar-refractivity contribution in [1.82, 2.24) is 9.13 Å². The Labute approximate surface area is 144 Å². The summed E-state index contributed by atoms with van der Waals surface area (Å²) in [5.74, 6) is 0. The first-order chi connectivity index (χ1) is 11.8. The predicted octanol–water partition coefficient (Wildman–Crippen LogP) is 3.44. The Morgan fingerprint density at radius 3 is 1.75 bits per heavy atom. The van der Waals surface area contributed by atoms with Crippen molar-refractivity contribution in [2.24, 2.45) is 0 Å². The summed E-state index contributed by atoms with van der Waals surface area (Å²) in [6.45, 7) is 6.62. The van der Waals surface area contributed by atoms with Gasteiger partial charge in [-0.15, -0.1) is 0 Å². The van der Waals surface area contributed by atoms with Gasteiger partial charge in [0.1, 0.15) is 36.2 Å². The van der Waals surface area contributed by atoms with Crippen molar-refractivity contribution in [1.29, 1.82) is 0 Å². The minimum atomic E-state index is 1.08. The molecule has 0 unspecified atom stereocenters. The fourth-order valence-electron chi connectivity index (χ4n) is 2.85. The maximum absolute atomic E-state index is 2.25. The van der Waals surface area contributed by atoms with E-state index in [4.69, 9.17) is 0 Å². The molecule has 0 fully saturated rings. The lowest BCUT2D eigenvalue weighted by atomic mass is 10.2. The van der Waals surface area contributed by atoms with Gasteiger partial charge in [-0.2, -0.15) is 0 Å². The summed E-state index contributed by atoms with van der Waals surface area (Å²) in [7, 11) is 0. The molecule has 3 aromatic rings. The fourth-order valence-corrected chi connectivity index (χ4v) is 2.85. The Kier molecular flexibility index (Phi) is 5.47. The third-order valence-corrected chi connectivity index (χ3v) is 4.35. The SMILES string of the molecule is CCCC[n+]1ccn(-c2cccc(-n3cc[n+](CCCC)c3)c2)c1. The normalized spacial score (nSPS) is 11.1. The number of benzene rings is 1. The molecule has 126 valence electrons. The first-order valence-electron chi connectivity index (χ1n) is 9.05. The maximum atomic E-state index is 2.25. The molecule has 0 saturated heterocycles. The van der Waals surface area contributed by atoms with E-state index in [1.807, 2.05) is 0 Å². The van der Waals surface area contributed by atoms with Crippen molar-refractivity contribution in [3.63, 3.8) is 0 Å². The van der Waals surface area contributed by atoms with Gasteiger partial charge in [-0.1, -0.05) is 32.8 Å². The van der Waals surface area contributed by atoms with Gasteiger partial charge in [0, 0.05) is 6.07 Å². The van der Waals surface area contributed by atoms with E-state index in [2.05, 4.69) is 93.8 Å². The lowest BCUT2D eigenvalue weighted by Gasteiger charge is -1.99. The Morgan fingerprint density at radius 1 is 0.792 bits per heavy atom. The van der Waals surface area contributed by atoms with Crippen molar-refractivity contribution in [2.45, 2.75) is 52.6 Å². The van der Waals surface area contributed by atoms with Crippen LogP contribution in [0.15, 0.2) is 61.7 Å². The highest BCUT2D eigenvalue weighted by Crippen LogP contribution is 2.13. The molecule has 0 aliphatic rings. The van der Waals surface area contributed by atoms with Gasteiger partial charge in [-0.25, -0.2) is 18.3 Å². The van der Waals surface area contributed by atoms with Gasteiger partial charge < -0.3 is 0 Å². The number of unbranched alkanes of at least 4 members (excludes halogenated alkanes) is 2. The maximum Gasteiger partial charge on any atom is 0.248 e. The van der Waals surface area contributed by atoms with Crippen LogP contribution >= 0.6 is 0 Å². The Hall–Kier alpha value is -2.36. The molecule has 3 rings (SSSR count). The molecule has 0 spiro atoms. The molecule has 0 N–H and O–H groups in total. The smallest absolute Gasteiger partial charge is 0.236 e. The number of nitrogens with zero attached hydrogens (tertiary/aromatic N) is 4. The highest BCUT2D eigenvalue weighted by atomic mass is 15.1. The minimum Gasteiger partial charge on any atom is -0.236 e. The zero-order chi connectivity index (χ0) is 16.8. The van der Waals surface area contributed by atoms with Gasteiger partial charge in [0.25, 0.3) is 0 Å². The number of aryl methyl sites for hydroxylation is 2. The fraction of sp³-hybridized carbons (Fsp3) is 0.400. The molecule has 2 aromatic heterocycles. The highest BCUT2D eigenvalue weighted by molar-refractivity contribution is 5.43. The van der Waals surface area contributed by atoms with Crippen LogP contribution in [0, 0.1) is 0 Å². The van der Waals surface area contributed by atoms with Crippen molar-refractivity contribution in [3.05, 3.63) is 61.7 Å². The van der Waals surface area contributed by atoms with Crippen molar-refractivity contribution in [2.75, 3.05) is 0 Å². The van der Waals surface area contributed by atoms with E-state index < -0.39 is 0 Å². The number of hydrogen-bond donors (Lipinski definition) is 0. The van der Waals surface area contributed by atoms with E-state index in [1.54, 1.807) is 0 Å². The second-order valence-corrected chi connectivity index (χ2v) is 6.34. The molecule has 4 nitrogen and oxygen atoms in total. The first-order valence-corrected chi connectivity index (χ1v) is 9.05. The van der Waals surface area contributed by atoms with Crippen LogP contribution in [0.1, 0.15) is 39.5 Å². The number of hydrogen-bond acceptors (Lipinski definition) is 0. The summed E-state index contributed by atoms with van der Waals surface area (Å²) in [5.41, 5.74) is 2.38. The van der Waals surface area contributed by atoms with Gasteiger partial charge >= 0.3 is 0 Å². The largest absolute Gasteiger partial charge is 0.248 e. The molecular formula is C20H28N4+2. The van der Waals surface area contributed by atoms with Gasteiger partial charge in [-0.3, -0.25) is 0 Å². The van der Waals surface area contributed by atoms with Crippen LogP contribution in [0.3, 0.4) is 0 Å². The third-order valence-electron chi connectivity index (χ3n) is 4.35. The standard InChI is InChI=1S/C20H28N4/c1-3-5-10-21-12-14-23(17-21)19-8-7-9-20(16-19)24-15-13-22(18-24)11-6-4-2/h7-9,12-18H,3-6,10-11H2,1-2H3/q+2. The van der Waals surface area contributed by atoms with Gasteiger partial charge in [0.05, 0.1) is 13.1 Å². The van der Waals surface area contributed by atoms with E-state index in [-0.39, 0.29) is 0 Å². The second kappa shape index (κ2) is 7.95. The zero-order valence-corrected chi connectivity index (χ0v) is 14.8. The topological polar surface area (TPSA) is 17.6 Å². The quantitative estimate of drug-likeness (QED) is 0.565. The molecule has 4 heteroatoms. The molecular weight excluding hydrogens is 296 g/mol. The number of imidazole rings is 2. The zero-order valence-electron chi connectivity index (χ0n) is 14.8. The summed E-state index contributed by atoms with van der Waals surface area (Å²) < 4.78 is 8.89. The average molecular weight is 324 g/mol. The van der Waals surface area contributed by atoms with Crippen LogP contribution in [-0.4, -0.2) is 9.13 Å². The van der Waals surface area contributed by atoms with Gasteiger partial charge in [0.15, 0.2) is 0 Å². The summed E-state index contributed by atoms with van der Waals surface area (Å²) in [6, 6.07) is 8.66. The molecule has 0 radical (unpaired) electrons. The molecule has 0 saturated carbocycles. The molecule has 0 aliphatic heterocycles. The van der Waals surface area contributed by atoms with Crippen molar-refractivity contribution < 1.29 is 9.13 Å². The molecule has 0 atom stereocenters. The molecule has 0 bridgehead atoms. The van der Waals surface area contributed by atoms with E-state index in [0.717, 1.165) is 13.1 Å². The van der Waals surface area contributed by atoms with Crippen molar-refractivity contribution in [3.8, 4) is 11.4 Å². The lowest BCUT2D eigenvalue weighted by Crippen LogP contribution is -2.30. The molecule has 24 heavy (non-hydrogen) atoms. The summed E-state index contributed by atoms with van der Waals surface area (Å²) >= 11 is 0. The second-order valence-electron chi connectivity index (χ2n) is 6.34. The van der Waals surface area contributed by atoms with Crippen LogP contribution in [0.4, 0.5) is 0 Å². The summed E-state index contributed by atoms with van der Waals surface area (Å²) in [4.78, 5) is 0. The summed E-state index contributed by atoms with van der Waals surface area (Å²) in [5, 5.41) is 0. The van der Waals surface area contributed by atoms with Crippen LogP contribution in [-0.2, 0) is 13.1 Å². The third kappa shape index (κ3) is 3.94. The van der Waals surface area contributed by atoms with E-state index >= 15 is 0 Å². The van der Waals surface area contributed by atoms with Crippen LogP contribution in [0.25, 0.3) is 11.4 Å². The van der Waals surface area contributed by atoms with E-state index in [1.165, 1.54) is 37.1 Å². The molecule has 0 amide bonds. The average Bonchev–Trinajstić information content (AvgIpc) is 3.28. The Balaban J connectivity index is 1.78. The molecule has 0 aliphatic carbocycles. The Morgan fingerprint density at radius 2 is 1.29 bits per heavy atom. The monoisotopic (exact) mass is 324 g/mol. The van der Waals surface area contributed by atoms with Crippen LogP contribution < -0.4 is 9.13 Å². The van der Waals surface area contributed by atoms with E-state index in [0.29, 0.717) is 0 Å². The van der Waals surface area contributed by atoms with Gasteiger partial charge in [-0.05, 0) is 25.0 Å². The molecule has 1 aromatic carbocycles. The predicted molar refractivity (Wildman–Crippen MR) is 95.3 cm³/mol. The lowest BCUT2D eigenvalue weighted by molar-refractivity contribution is -0.696. The van der Waals surface area contributed by atoms with Gasteiger partial charge in [0.2, 0.25) is 12.7 Å². The summed E-state index contributed by atoms with van der Waals surface area (Å²) in [6.07, 6.45) is 17.8. The van der Waals surface area contributed by atoms with Crippen LogP contribution in [0.2, 0.25) is 0 Å². The van der Waals surface area contributed by atoms with Crippen LogP contribution in [0.5, 0.6) is 0 Å². The Bertz CT molecular complexity index is 708. The van der Waals surface area contributed by atoms with E-state index in [9.17, 15) is 0 Å². The first kappa shape index (κ1) is 16.5. The molecule has 2 heterocycles. The minimum absolute atomic E-state index is 1.08.